The number of thioether (sulfide) groups is 1. The number of carbonyl (C=O) groups excluding carboxylic acids is 2. The smallest absolute Gasteiger partial charge is 0.272 e. The molecule has 0 spiro atoms. The van der Waals surface area contributed by atoms with Crippen molar-refractivity contribution in [2.45, 2.75) is 53.7 Å². The Morgan fingerprint density at radius 2 is 1.57 bits per heavy atom. The highest BCUT2D eigenvalue weighted by molar-refractivity contribution is 7.99. The fourth-order valence-electron chi connectivity index (χ4n) is 5.06. The number of alkyl halides is 3. The Bertz CT molecular complexity index is 1650. The predicted molar refractivity (Wildman–Crippen MR) is 184 cm³/mol. The van der Waals surface area contributed by atoms with E-state index in [4.69, 9.17) is 44.3 Å². The molecule has 7 nitrogen and oxygen atoms in total. The molecule has 46 heavy (non-hydrogen) atoms. The van der Waals surface area contributed by atoms with Crippen LogP contribution in [0.15, 0.2) is 102 Å². The van der Waals surface area contributed by atoms with Crippen LogP contribution in [0, 0.1) is 0 Å². The molecular weight excluding hydrogens is 667 g/mol. The standard InChI is InChI=1S/C35H33Cl3N2O5S/c1-22(42)40-29-12-14-31(15-13-29)46-21-30-18-32(25-10-8-23(20-41)9-11-25)45-33(44-30)28-7-3-6-27(17-28)26-5-2-4-24(16-26)19-39-34(43)35(36,37)38/h2-17,30,32-33,41H,18-21H2,1H3,(H,39,43)(H,40,42). The maximum Gasteiger partial charge on any atom is 0.272 e. The summed E-state index contributed by atoms with van der Waals surface area (Å²) in [5.74, 6) is -0.0965. The van der Waals surface area contributed by atoms with Gasteiger partial charge < -0.3 is 25.2 Å². The molecule has 1 aliphatic rings. The summed E-state index contributed by atoms with van der Waals surface area (Å²) >= 11 is 18.7. The zero-order chi connectivity index (χ0) is 32.7. The molecule has 1 saturated heterocycles. The van der Waals surface area contributed by atoms with E-state index in [9.17, 15) is 14.7 Å². The maximum absolute atomic E-state index is 12.0. The highest BCUT2D eigenvalue weighted by atomic mass is 35.6. The third-order valence-electron chi connectivity index (χ3n) is 7.36. The summed E-state index contributed by atoms with van der Waals surface area (Å²) in [7, 11) is 0. The van der Waals surface area contributed by atoms with Gasteiger partial charge in [-0.3, -0.25) is 9.59 Å². The van der Waals surface area contributed by atoms with Gasteiger partial charge in [0.25, 0.3) is 9.70 Å². The van der Waals surface area contributed by atoms with Gasteiger partial charge in [-0.05, 0) is 64.2 Å². The summed E-state index contributed by atoms with van der Waals surface area (Å²) < 4.78 is 11.1. The van der Waals surface area contributed by atoms with Crippen LogP contribution < -0.4 is 10.6 Å². The van der Waals surface area contributed by atoms with E-state index in [1.165, 1.54) is 6.92 Å². The lowest BCUT2D eigenvalue weighted by Gasteiger charge is -2.36. The number of halogens is 3. The lowest BCUT2D eigenvalue weighted by molar-refractivity contribution is -0.245. The summed E-state index contributed by atoms with van der Waals surface area (Å²) in [5.41, 5.74) is 6.24. The van der Waals surface area contributed by atoms with Crippen LogP contribution in [0.4, 0.5) is 5.69 Å². The monoisotopic (exact) mass is 698 g/mol. The molecule has 3 N–H and O–H groups in total. The summed E-state index contributed by atoms with van der Waals surface area (Å²) in [6, 6.07) is 31.3. The van der Waals surface area contributed by atoms with Gasteiger partial charge in [0.2, 0.25) is 5.91 Å². The first-order chi connectivity index (χ1) is 22.1. The summed E-state index contributed by atoms with van der Waals surface area (Å²) in [6.07, 6.45) is -0.286. The van der Waals surface area contributed by atoms with Crippen LogP contribution in [0.2, 0.25) is 0 Å². The number of ether oxygens (including phenoxy) is 2. The predicted octanol–water partition coefficient (Wildman–Crippen LogP) is 8.13. The number of nitrogens with one attached hydrogen (secondary N) is 2. The van der Waals surface area contributed by atoms with Gasteiger partial charge in [0.1, 0.15) is 0 Å². The minimum absolute atomic E-state index is 0.0230. The molecule has 1 heterocycles. The van der Waals surface area contributed by atoms with Crippen molar-refractivity contribution in [3.05, 3.63) is 119 Å². The fourth-order valence-corrected chi connectivity index (χ4v) is 6.18. The van der Waals surface area contributed by atoms with Crippen molar-refractivity contribution >= 4 is 64.1 Å². The Morgan fingerprint density at radius 1 is 0.870 bits per heavy atom. The average Bonchev–Trinajstić information content (AvgIpc) is 3.06. The number of anilines is 1. The van der Waals surface area contributed by atoms with Crippen LogP contribution in [0.5, 0.6) is 0 Å². The average molecular weight is 700 g/mol. The molecule has 5 rings (SSSR count). The van der Waals surface area contributed by atoms with E-state index in [0.29, 0.717) is 12.2 Å². The third kappa shape index (κ3) is 9.48. The quantitative estimate of drug-likeness (QED) is 0.114. The molecule has 11 heteroatoms. The first-order valence-electron chi connectivity index (χ1n) is 14.6. The molecule has 2 amide bonds. The van der Waals surface area contributed by atoms with Gasteiger partial charge >= 0.3 is 0 Å². The van der Waals surface area contributed by atoms with Crippen LogP contribution in [-0.2, 0) is 32.2 Å². The van der Waals surface area contributed by atoms with Gasteiger partial charge in [0.15, 0.2) is 6.29 Å². The molecule has 0 bridgehead atoms. The highest BCUT2D eigenvalue weighted by Crippen LogP contribution is 2.40. The molecule has 0 aliphatic carbocycles. The van der Waals surface area contributed by atoms with E-state index in [1.807, 2.05) is 97.1 Å². The molecular formula is C35H33Cl3N2O5S. The van der Waals surface area contributed by atoms with E-state index in [2.05, 4.69) is 10.6 Å². The highest BCUT2D eigenvalue weighted by Gasteiger charge is 2.33. The maximum atomic E-state index is 12.0. The second-order valence-electron chi connectivity index (χ2n) is 10.9. The zero-order valence-electron chi connectivity index (χ0n) is 24.9. The Labute approximate surface area is 287 Å². The van der Waals surface area contributed by atoms with Crippen molar-refractivity contribution in [3.63, 3.8) is 0 Å². The molecule has 0 aromatic heterocycles. The number of benzene rings is 4. The van der Waals surface area contributed by atoms with Gasteiger partial charge in [-0.25, -0.2) is 0 Å². The van der Waals surface area contributed by atoms with Gasteiger partial charge in [-0.15, -0.1) is 11.8 Å². The van der Waals surface area contributed by atoms with Crippen molar-refractivity contribution in [1.82, 2.24) is 5.32 Å². The van der Waals surface area contributed by atoms with Crippen molar-refractivity contribution in [3.8, 4) is 11.1 Å². The van der Waals surface area contributed by atoms with Crippen molar-refractivity contribution in [2.75, 3.05) is 11.1 Å². The minimum Gasteiger partial charge on any atom is -0.392 e. The SMILES string of the molecule is CC(=O)Nc1ccc(SCC2CC(c3ccc(CO)cc3)OC(c3cccc(-c4cccc(CNC(=O)C(Cl)(Cl)Cl)c4)c3)O2)cc1. The first kappa shape index (κ1) is 34.3. The number of aliphatic hydroxyl groups excluding tert-OH is 1. The Hall–Kier alpha value is -3.08. The van der Waals surface area contributed by atoms with E-state index < -0.39 is 16.0 Å². The summed E-state index contributed by atoms with van der Waals surface area (Å²) in [4.78, 5) is 24.5. The van der Waals surface area contributed by atoms with E-state index in [-0.39, 0.29) is 31.3 Å². The Balaban J connectivity index is 1.34. The summed E-state index contributed by atoms with van der Waals surface area (Å²) in [5, 5.41) is 15.0. The van der Waals surface area contributed by atoms with Gasteiger partial charge in [0.05, 0.1) is 18.8 Å². The van der Waals surface area contributed by atoms with Crippen LogP contribution >= 0.6 is 46.6 Å². The Kier molecular flexibility index (Phi) is 11.7. The van der Waals surface area contributed by atoms with Crippen LogP contribution in [-0.4, -0.2) is 32.6 Å². The van der Waals surface area contributed by atoms with Gasteiger partial charge in [0, 0.05) is 41.8 Å². The summed E-state index contributed by atoms with van der Waals surface area (Å²) in [6.45, 7) is 1.67. The number of aliphatic hydroxyl groups is 1. The topological polar surface area (TPSA) is 96.9 Å². The lowest BCUT2D eigenvalue weighted by Crippen LogP contribution is -2.33. The van der Waals surface area contributed by atoms with Crippen molar-refractivity contribution in [1.29, 1.82) is 0 Å². The number of rotatable bonds is 10. The van der Waals surface area contributed by atoms with E-state index in [0.717, 1.165) is 44.0 Å². The van der Waals surface area contributed by atoms with Gasteiger partial charge in [-0.1, -0.05) is 95.5 Å². The zero-order valence-corrected chi connectivity index (χ0v) is 28.0. The van der Waals surface area contributed by atoms with Crippen LogP contribution in [0.3, 0.4) is 0 Å². The molecule has 0 saturated carbocycles. The fraction of sp³-hybridized carbons (Fsp3) is 0.257. The van der Waals surface area contributed by atoms with Crippen molar-refractivity contribution in [2.24, 2.45) is 0 Å². The molecule has 0 radical (unpaired) electrons. The second-order valence-corrected chi connectivity index (χ2v) is 14.2. The number of carbonyl (C=O) groups is 2. The third-order valence-corrected chi connectivity index (χ3v) is 9.01. The molecule has 1 aliphatic heterocycles. The van der Waals surface area contributed by atoms with Crippen LogP contribution in [0.25, 0.3) is 11.1 Å². The number of hydrogen-bond donors (Lipinski definition) is 3. The molecule has 4 aromatic carbocycles. The minimum atomic E-state index is -2.03. The number of hydrogen-bond acceptors (Lipinski definition) is 6. The molecule has 1 fully saturated rings. The van der Waals surface area contributed by atoms with Gasteiger partial charge in [-0.2, -0.15) is 0 Å². The van der Waals surface area contributed by atoms with E-state index >= 15 is 0 Å². The van der Waals surface area contributed by atoms with Crippen LogP contribution in [0.1, 0.15) is 48.0 Å². The molecule has 4 aromatic rings. The molecule has 240 valence electrons. The second kappa shape index (κ2) is 15.7. The molecule has 3 unspecified atom stereocenters. The first-order valence-corrected chi connectivity index (χ1v) is 16.7. The molecule has 3 atom stereocenters. The number of amides is 2. The van der Waals surface area contributed by atoms with E-state index in [1.54, 1.807) is 11.8 Å². The lowest BCUT2D eigenvalue weighted by atomic mass is 9.99. The normalized spacial score (nSPS) is 18.2. The Morgan fingerprint density at radius 3 is 2.24 bits per heavy atom. The van der Waals surface area contributed by atoms with Crippen molar-refractivity contribution < 1.29 is 24.2 Å². The largest absolute Gasteiger partial charge is 0.392 e.